The fourth-order valence-corrected chi connectivity index (χ4v) is 3.41. The van der Waals surface area contributed by atoms with Crippen LogP contribution < -0.4 is 10.6 Å². The van der Waals surface area contributed by atoms with E-state index in [0.29, 0.717) is 13.0 Å². The normalized spacial score (nSPS) is 15.6. The number of carbonyl (C=O) groups is 3. The number of amides is 3. The minimum absolute atomic E-state index is 0.161. The van der Waals surface area contributed by atoms with E-state index in [-0.39, 0.29) is 24.9 Å². The molecule has 2 aromatic rings. The molecule has 1 atom stereocenters. The highest BCUT2D eigenvalue weighted by atomic mass is 16.6. The van der Waals surface area contributed by atoms with E-state index in [0.717, 1.165) is 16.7 Å². The minimum Gasteiger partial charge on any atom is -0.444 e. The van der Waals surface area contributed by atoms with Gasteiger partial charge in [0.2, 0.25) is 11.8 Å². The molecule has 31 heavy (non-hydrogen) atoms. The Morgan fingerprint density at radius 3 is 2.29 bits per heavy atom. The average Bonchev–Trinajstić information content (AvgIpc) is 2.74. The number of carbonyl (C=O) groups excluding carboxylic acids is 3. The number of hydrogen-bond donors (Lipinski definition) is 2. The number of nitrogens with one attached hydrogen (secondary N) is 2. The molecule has 0 saturated heterocycles. The molecule has 7 nitrogen and oxygen atoms in total. The van der Waals surface area contributed by atoms with Crippen molar-refractivity contribution in [1.29, 1.82) is 0 Å². The lowest BCUT2D eigenvalue weighted by molar-refractivity contribution is -0.130. The summed E-state index contributed by atoms with van der Waals surface area (Å²) in [4.78, 5) is 39.3. The fourth-order valence-electron chi connectivity index (χ4n) is 3.41. The molecule has 3 amide bonds. The van der Waals surface area contributed by atoms with Crippen LogP contribution in [0.3, 0.4) is 0 Å². The third-order valence-corrected chi connectivity index (χ3v) is 4.93. The highest BCUT2D eigenvalue weighted by Gasteiger charge is 2.36. The van der Waals surface area contributed by atoms with Crippen LogP contribution in [0, 0.1) is 0 Å². The van der Waals surface area contributed by atoms with Gasteiger partial charge in [0, 0.05) is 13.0 Å². The molecular formula is C24H29N3O4. The van der Waals surface area contributed by atoms with Crippen LogP contribution in [0.4, 0.5) is 4.79 Å². The van der Waals surface area contributed by atoms with Crippen LogP contribution in [0.1, 0.15) is 37.5 Å². The molecule has 0 unspecified atom stereocenters. The van der Waals surface area contributed by atoms with Crippen LogP contribution in [0.15, 0.2) is 54.6 Å². The van der Waals surface area contributed by atoms with E-state index in [9.17, 15) is 14.4 Å². The second-order valence-electron chi connectivity index (χ2n) is 8.58. The molecule has 0 radical (unpaired) electrons. The Morgan fingerprint density at radius 2 is 1.61 bits per heavy atom. The molecule has 1 aliphatic heterocycles. The van der Waals surface area contributed by atoms with Gasteiger partial charge in [-0.2, -0.15) is 0 Å². The van der Waals surface area contributed by atoms with E-state index in [4.69, 9.17) is 4.74 Å². The summed E-state index contributed by atoms with van der Waals surface area (Å²) in [6, 6.07) is 16.5. The van der Waals surface area contributed by atoms with Gasteiger partial charge in [0.05, 0.1) is 13.1 Å². The lowest BCUT2D eigenvalue weighted by Crippen LogP contribution is -2.54. The Morgan fingerprint density at radius 1 is 0.968 bits per heavy atom. The molecule has 0 spiro atoms. The Balaban J connectivity index is 1.63. The maximum absolute atomic E-state index is 12.9. The first-order valence-corrected chi connectivity index (χ1v) is 10.4. The van der Waals surface area contributed by atoms with Gasteiger partial charge < -0.3 is 15.4 Å². The van der Waals surface area contributed by atoms with E-state index in [1.807, 2.05) is 54.6 Å². The van der Waals surface area contributed by atoms with Crippen LogP contribution in [-0.2, 0) is 33.8 Å². The second kappa shape index (κ2) is 9.64. The van der Waals surface area contributed by atoms with E-state index in [1.54, 1.807) is 20.8 Å². The van der Waals surface area contributed by atoms with Crippen molar-refractivity contribution in [3.63, 3.8) is 0 Å². The zero-order chi connectivity index (χ0) is 22.4. The maximum Gasteiger partial charge on any atom is 0.411 e. The van der Waals surface area contributed by atoms with Crippen molar-refractivity contribution in [3.05, 3.63) is 71.3 Å². The molecule has 3 rings (SSSR count). The number of rotatable bonds is 5. The molecule has 1 heterocycles. The van der Waals surface area contributed by atoms with Crippen LogP contribution in [-0.4, -0.2) is 41.0 Å². The molecule has 7 heteroatoms. The van der Waals surface area contributed by atoms with Crippen molar-refractivity contribution in [2.24, 2.45) is 0 Å². The fraction of sp³-hybridized carbons (Fsp3) is 0.375. The highest BCUT2D eigenvalue weighted by molar-refractivity contribution is 5.90. The summed E-state index contributed by atoms with van der Waals surface area (Å²) in [6.45, 7) is 5.87. The molecule has 0 bridgehead atoms. The van der Waals surface area contributed by atoms with Gasteiger partial charge in [0.15, 0.2) is 0 Å². The quantitative estimate of drug-likeness (QED) is 0.774. The molecule has 0 aliphatic carbocycles. The molecule has 2 N–H and O–H groups in total. The van der Waals surface area contributed by atoms with Gasteiger partial charge in [-0.1, -0.05) is 54.6 Å². The standard InChI is InChI=1S/C24H29N3O4/c1-24(2,3)31-23(30)27-16-19-12-8-7-11-18(19)13-20(27)22(29)26-15-21(28)25-14-17-9-5-4-6-10-17/h4-12,20H,13-16H2,1-3H3,(H,25,28)(H,26,29)/t20-/m0/s1. The van der Waals surface area contributed by atoms with E-state index >= 15 is 0 Å². The smallest absolute Gasteiger partial charge is 0.411 e. The Bertz CT molecular complexity index is 937. The zero-order valence-corrected chi connectivity index (χ0v) is 18.2. The van der Waals surface area contributed by atoms with Gasteiger partial charge in [0.25, 0.3) is 0 Å². The van der Waals surface area contributed by atoms with Gasteiger partial charge >= 0.3 is 6.09 Å². The average molecular weight is 424 g/mol. The number of fused-ring (bicyclic) bond motifs is 1. The van der Waals surface area contributed by atoms with Crippen molar-refractivity contribution in [1.82, 2.24) is 15.5 Å². The van der Waals surface area contributed by atoms with Gasteiger partial charge in [-0.15, -0.1) is 0 Å². The zero-order valence-electron chi connectivity index (χ0n) is 18.2. The third-order valence-electron chi connectivity index (χ3n) is 4.93. The van der Waals surface area contributed by atoms with Gasteiger partial charge in [0.1, 0.15) is 11.6 Å². The first-order valence-electron chi connectivity index (χ1n) is 10.4. The number of ether oxygens (including phenoxy) is 1. The number of hydrogen-bond acceptors (Lipinski definition) is 4. The predicted octanol–water partition coefficient (Wildman–Crippen LogP) is 2.78. The largest absolute Gasteiger partial charge is 0.444 e. The summed E-state index contributed by atoms with van der Waals surface area (Å²) in [7, 11) is 0. The summed E-state index contributed by atoms with van der Waals surface area (Å²) in [5.74, 6) is -0.674. The number of benzene rings is 2. The van der Waals surface area contributed by atoms with Crippen LogP contribution in [0.5, 0.6) is 0 Å². The Hall–Kier alpha value is -3.35. The lowest BCUT2D eigenvalue weighted by Gasteiger charge is -2.36. The van der Waals surface area contributed by atoms with E-state index in [1.165, 1.54) is 4.90 Å². The van der Waals surface area contributed by atoms with Gasteiger partial charge in [-0.3, -0.25) is 14.5 Å². The van der Waals surface area contributed by atoms with Crippen molar-refractivity contribution in [2.75, 3.05) is 6.54 Å². The summed E-state index contributed by atoms with van der Waals surface area (Å²) < 4.78 is 5.51. The third kappa shape index (κ3) is 6.31. The Kier molecular flexibility index (Phi) is 6.95. The van der Waals surface area contributed by atoms with E-state index in [2.05, 4.69) is 10.6 Å². The molecule has 2 aromatic carbocycles. The molecule has 1 aliphatic rings. The maximum atomic E-state index is 12.9. The summed E-state index contributed by atoms with van der Waals surface area (Å²) >= 11 is 0. The van der Waals surface area contributed by atoms with Crippen molar-refractivity contribution >= 4 is 17.9 Å². The monoisotopic (exact) mass is 423 g/mol. The Labute approximate surface area is 182 Å². The molecular weight excluding hydrogens is 394 g/mol. The molecule has 0 fully saturated rings. The lowest BCUT2D eigenvalue weighted by atomic mass is 9.94. The van der Waals surface area contributed by atoms with Crippen molar-refractivity contribution < 1.29 is 19.1 Å². The number of nitrogens with zero attached hydrogens (tertiary/aromatic N) is 1. The first-order chi connectivity index (χ1) is 14.7. The first kappa shape index (κ1) is 22.3. The van der Waals surface area contributed by atoms with Crippen molar-refractivity contribution in [3.8, 4) is 0 Å². The van der Waals surface area contributed by atoms with Gasteiger partial charge in [-0.25, -0.2) is 4.79 Å². The van der Waals surface area contributed by atoms with Crippen LogP contribution >= 0.6 is 0 Å². The topological polar surface area (TPSA) is 87.7 Å². The summed E-state index contributed by atoms with van der Waals surface area (Å²) in [5, 5.41) is 5.45. The van der Waals surface area contributed by atoms with Gasteiger partial charge in [-0.05, 0) is 37.5 Å². The molecule has 164 valence electrons. The highest BCUT2D eigenvalue weighted by Crippen LogP contribution is 2.25. The molecule has 0 aromatic heterocycles. The summed E-state index contributed by atoms with van der Waals surface area (Å²) in [6.07, 6.45) is -0.178. The minimum atomic E-state index is -0.744. The second-order valence-corrected chi connectivity index (χ2v) is 8.58. The van der Waals surface area contributed by atoms with E-state index < -0.39 is 17.7 Å². The van der Waals surface area contributed by atoms with Crippen LogP contribution in [0.2, 0.25) is 0 Å². The molecule has 0 saturated carbocycles. The van der Waals surface area contributed by atoms with Crippen LogP contribution in [0.25, 0.3) is 0 Å². The van der Waals surface area contributed by atoms with Crippen molar-refractivity contribution in [2.45, 2.75) is 51.9 Å². The summed E-state index contributed by atoms with van der Waals surface area (Å²) in [5.41, 5.74) is 2.29. The predicted molar refractivity (Wildman–Crippen MR) is 117 cm³/mol. The SMILES string of the molecule is CC(C)(C)OC(=O)N1Cc2ccccc2C[C@H]1C(=O)NCC(=O)NCc1ccccc1.